The molecule has 1 unspecified atom stereocenters. The van der Waals surface area contributed by atoms with Gasteiger partial charge < -0.3 is 15.1 Å². The van der Waals surface area contributed by atoms with E-state index in [1.807, 2.05) is 56.6 Å². The molecule has 1 aromatic heterocycles. The van der Waals surface area contributed by atoms with Crippen LogP contribution in [0.3, 0.4) is 0 Å². The summed E-state index contributed by atoms with van der Waals surface area (Å²) in [5.74, 6) is -0.0487. The molecule has 1 atom stereocenters. The normalized spacial score (nSPS) is 16.6. The van der Waals surface area contributed by atoms with Crippen molar-refractivity contribution in [3.63, 3.8) is 0 Å². The van der Waals surface area contributed by atoms with Crippen LogP contribution in [0.2, 0.25) is 0 Å². The molecule has 23 heavy (non-hydrogen) atoms. The second-order valence-corrected chi connectivity index (χ2v) is 5.64. The number of amides is 1. The summed E-state index contributed by atoms with van der Waals surface area (Å²) >= 11 is 0. The predicted octanol–water partition coefficient (Wildman–Crippen LogP) is 2.31. The first kappa shape index (κ1) is 17.2. The molecule has 1 N–H and O–H groups in total. The van der Waals surface area contributed by atoms with Crippen LogP contribution in [-0.4, -0.2) is 43.0 Å². The van der Waals surface area contributed by atoms with Crippen molar-refractivity contribution in [3.8, 4) is 0 Å². The molecule has 2 heterocycles. The fourth-order valence-corrected chi connectivity index (χ4v) is 2.66. The smallest absolute Gasteiger partial charge is 0.255 e. The second-order valence-electron chi connectivity index (χ2n) is 5.64. The fourth-order valence-electron chi connectivity index (χ4n) is 2.66. The molecular formula is C17H21ClN4O. The highest BCUT2D eigenvalue weighted by Crippen LogP contribution is 2.31. The molecule has 0 bridgehead atoms. The number of hydrogen-bond donors (Lipinski definition) is 1. The molecule has 0 saturated heterocycles. The molecule has 1 aliphatic heterocycles. The van der Waals surface area contributed by atoms with Gasteiger partial charge >= 0.3 is 0 Å². The molecule has 0 radical (unpaired) electrons. The molecular weight excluding hydrogens is 312 g/mol. The zero-order valence-electron chi connectivity index (χ0n) is 13.3. The van der Waals surface area contributed by atoms with Gasteiger partial charge in [-0.25, -0.2) is 0 Å². The SMILES string of the molecule is CN(C)CCN1c2ccccc2C(=O)NC1c1ccccn1.Cl. The van der Waals surface area contributed by atoms with Crippen molar-refractivity contribution >= 4 is 24.0 Å². The topological polar surface area (TPSA) is 48.5 Å². The van der Waals surface area contributed by atoms with Crippen molar-refractivity contribution in [3.05, 3.63) is 59.9 Å². The van der Waals surface area contributed by atoms with E-state index in [2.05, 4.69) is 20.1 Å². The number of hydrogen-bond acceptors (Lipinski definition) is 4. The van der Waals surface area contributed by atoms with Gasteiger partial charge in [0.05, 0.1) is 16.9 Å². The van der Waals surface area contributed by atoms with Crippen LogP contribution in [0.1, 0.15) is 22.2 Å². The minimum absolute atomic E-state index is 0. The number of rotatable bonds is 4. The van der Waals surface area contributed by atoms with E-state index in [-0.39, 0.29) is 24.5 Å². The van der Waals surface area contributed by atoms with Gasteiger partial charge in [-0.3, -0.25) is 9.78 Å². The lowest BCUT2D eigenvalue weighted by Gasteiger charge is -2.39. The molecule has 2 aromatic rings. The van der Waals surface area contributed by atoms with E-state index in [0.29, 0.717) is 5.56 Å². The van der Waals surface area contributed by atoms with Crippen LogP contribution in [0.5, 0.6) is 0 Å². The number of anilines is 1. The van der Waals surface area contributed by atoms with E-state index in [4.69, 9.17) is 0 Å². The summed E-state index contributed by atoms with van der Waals surface area (Å²) in [7, 11) is 4.09. The molecule has 1 aliphatic rings. The van der Waals surface area contributed by atoms with Crippen LogP contribution in [0.25, 0.3) is 0 Å². The number of carbonyl (C=O) groups is 1. The molecule has 3 rings (SSSR count). The standard InChI is InChI=1S/C17H20N4O.ClH/c1-20(2)11-12-21-15-9-4-3-7-13(15)17(22)19-16(21)14-8-5-6-10-18-14;/h3-10,16H,11-12H2,1-2H3,(H,19,22);1H. The highest BCUT2D eigenvalue weighted by Gasteiger charge is 2.31. The Kier molecular flexibility index (Phi) is 5.58. The van der Waals surface area contributed by atoms with Gasteiger partial charge in [0, 0.05) is 19.3 Å². The highest BCUT2D eigenvalue weighted by molar-refractivity contribution is 6.02. The van der Waals surface area contributed by atoms with E-state index in [0.717, 1.165) is 24.5 Å². The summed E-state index contributed by atoms with van der Waals surface area (Å²) in [6.45, 7) is 1.71. The molecule has 122 valence electrons. The zero-order chi connectivity index (χ0) is 15.5. The summed E-state index contributed by atoms with van der Waals surface area (Å²) in [6.07, 6.45) is 1.52. The largest absolute Gasteiger partial charge is 0.344 e. The third kappa shape index (κ3) is 3.63. The second kappa shape index (κ2) is 7.44. The van der Waals surface area contributed by atoms with Crippen LogP contribution in [0, 0.1) is 0 Å². The zero-order valence-corrected chi connectivity index (χ0v) is 14.1. The Hall–Kier alpha value is -2.11. The minimum Gasteiger partial charge on any atom is -0.344 e. The molecule has 1 aromatic carbocycles. The molecule has 0 fully saturated rings. The fraction of sp³-hybridized carbons (Fsp3) is 0.294. The van der Waals surface area contributed by atoms with Crippen molar-refractivity contribution < 1.29 is 4.79 Å². The minimum atomic E-state index is -0.233. The molecule has 0 aliphatic carbocycles. The first-order chi connectivity index (χ1) is 10.7. The number of pyridine rings is 1. The number of aromatic nitrogens is 1. The van der Waals surface area contributed by atoms with E-state index < -0.39 is 0 Å². The van der Waals surface area contributed by atoms with Crippen LogP contribution in [0.4, 0.5) is 5.69 Å². The van der Waals surface area contributed by atoms with Gasteiger partial charge in [-0.15, -0.1) is 12.4 Å². The van der Waals surface area contributed by atoms with Crippen molar-refractivity contribution in [2.75, 3.05) is 32.1 Å². The third-order valence-electron chi connectivity index (χ3n) is 3.79. The summed E-state index contributed by atoms with van der Waals surface area (Å²) in [6, 6.07) is 13.5. The van der Waals surface area contributed by atoms with Gasteiger partial charge in [-0.1, -0.05) is 18.2 Å². The Morgan fingerprint density at radius 1 is 1.17 bits per heavy atom. The Morgan fingerprint density at radius 2 is 1.91 bits per heavy atom. The lowest BCUT2D eigenvalue weighted by atomic mass is 10.1. The molecule has 5 nitrogen and oxygen atoms in total. The van der Waals surface area contributed by atoms with E-state index in [1.54, 1.807) is 6.20 Å². The summed E-state index contributed by atoms with van der Waals surface area (Å²) in [5.41, 5.74) is 2.53. The Labute approximate surface area is 142 Å². The van der Waals surface area contributed by atoms with Crippen LogP contribution in [-0.2, 0) is 0 Å². The van der Waals surface area contributed by atoms with Gasteiger partial charge in [-0.2, -0.15) is 0 Å². The maximum absolute atomic E-state index is 12.4. The van der Waals surface area contributed by atoms with Crippen molar-refractivity contribution in [2.45, 2.75) is 6.17 Å². The number of nitrogens with one attached hydrogen (secondary N) is 1. The average molecular weight is 333 g/mol. The summed E-state index contributed by atoms with van der Waals surface area (Å²) in [5, 5.41) is 3.07. The average Bonchev–Trinajstić information content (AvgIpc) is 2.54. The summed E-state index contributed by atoms with van der Waals surface area (Å²) < 4.78 is 0. The maximum atomic E-state index is 12.4. The van der Waals surface area contributed by atoms with Crippen LogP contribution in [0.15, 0.2) is 48.7 Å². The van der Waals surface area contributed by atoms with Gasteiger partial charge in [0.15, 0.2) is 0 Å². The monoisotopic (exact) mass is 332 g/mol. The first-order valence-electron chi connectivity index (χ1n) is 7.39. The number of nitrogens with zero attached hydrogens (tertiary/aromatic N) is 3. The van der Waals surface area contributed by atoms with Gasteiger partial charge in [0.2, 0.25) is 0 Å². The first-order valence-corrected chi connectivity index (χ1v) is 7.39. The number of halogens is 1. The quantitative estimate of drug-likeness (QED) is 0.933. The number of fused-ring (bicyclic) bond motifs is 1. The van der Waals surface area contributed by atoms with Crippen molar-refractivity contribution in [1.82, 2.24) is 15.2 Å². The molecule has 6 heteroatoms. The predicted molar refractivity (Wildman–Crippen MR) is 94.0 cm³/mol. The Morgan fingerprint density at radius 3 is 2.61 bits per heavy atom. The van der Waals surface area contributed by atoms with E-state index in [1.165, 1.54) is 0 Å². The van der Waals surface area contributed by atoms with E-state index >= 15 is 0 Å². The number of likely N-dealkylation sites (N-methyl/N-ethyl adjacent to an activating group) is 1. The lowest BCUT2D eigenvalue weighted by Crippen LogP contribution is -2.48. The number of carbonyl (C=O) groups excluding carboxylic acids is 1. The van der Waals surface area contributed by atoms with E-state index in [9.17, 15) is 4.79 Å². The van der Waals surface area contributed by atoms with Crippen molar-refractivity contribution in [1.29, 1.82) is 0 Å². The third-order valence-corrected chi connectivity index (χ3v) is 3.79. The highest BCUT2D eigenvalue weighted by atomic mass is 35.5. The molecule has 1 amide bonds. The number of benzene rings is 1. The maximum Gasteiger partial charge on any atom is 0.255 e. The summed E-state index contributed by atoms with van der Waals surface area (Å²) in [4.78, 5) is 21.1. The van der Waals surface area contributed by atoms with Gasteiger partial charge in [-0.05, 0) is 38.4 Å². The van der Waals surface area contributed by atoms with Crippen molar-refractivity contribution in [2.24, 2.45) is 0 Å². The Bertz CT molecular complexity index is 663. The lowest BCUT2D eigenvalue weighted by molar-refractivity contribution is 0.0925. The van der Waals surface area contributed by atoms with Gasteiger partial charge in [0.1, 0.15) is 6.17 Å². The van der Waals surface area contributed by atoms with Crippen LogP contribution >= 0.6 is 12.4 Å². The van der Waals surface area contributed by atoms with Crippen LogP contribution < -0.4 is 10.2 Å². The molecule has 0 saturated carbocycles. The molecule has 0 spiro atoms. The van der Waals surface area contributed by atoms with Gasteiger partial charge in [0.25, 0.3) is 5.91 Å². The Balaban J connectivity index is 0.00000192. The number of para-hydroxylation sites is 1.